The normalized spacial score (nSPS) is 11.8. The minimum absolute atomic E-state index is 0.607. The van der Waals surface area contributed by atoms with Crippen LogP contribution in [0.2, 0.25) is 0 Å². The summed E-state index contributed by atoms with van der Waals surface area (Å²) in [6, 6.07) is 66.9. The molecule has 294 valence electrons. The quantitative estimate of drug-likeness (QED) is 0.166. The first-order valence-electron chi connectivity index (χ1n) is 20.8. The van der Waals surface area contributed by atoms with Crippen LogP contribution < -0.4 is 0 Å². The molecule has 0 saturated heterocycles. The molecular weight excluding hydrogens is 793 g/mol. The van der Waals surface area contributed by atoms with Gasteiger partial charge in [0.1, 0.15) is 16.8 Å². The maximum absolute atomic E-state index is 6.41. The van der Waals surface area contributed by atoms with Crippen molar-refractivity contribution in [2.24, 2.45) is 0 Å². The Morgan fingerprint density at radius 2 is 1.02 bits per heavy atom. The molecule has 5 heterocycles. The minimum atomic E-state index is 0.607. The molecular formula is C55H32N6OS. The topological polar surface area (TPSA) is 82.5 Å². The smallest absolute Gasteiger partial charge is 0.180 e. The standard InChI is InChI=1S/C55H32N6OS/c1-4-15-33(16-5-1)49-51-50(40-22-11-13-25-45(40)62-51)57-55(56-49)42-23-14-26-46-48(42)41-30-28-36(32-47(41)63-46)54-59-52(34-17-6-2-7-18-34)58-53(60-54)35-27-29-39-38-21-10-12-24-43(38)61(44(39)31-35)37-19-8-3-9-20-37/h1-32H. The van der Waals surface area contributed by atoms with E-state index in [0.29, 0.717) is 28.9 Å². The molecule has 7 nitrogen and oxygen atoms in total. The van der Waals surface area contributed by atoms with Crippen molar-refractivity contribution in [1.29, 1.82) is 0 Å². The van der Waals surface area contributed by atoms with Crippen molar-refractivity contribution in [3.05, 3.63) is 194 Å². The van der Waals surface area contributed by atoms with Crippen molar-refractivity contribution in [1.82, 2.24) is 29.5 Å². The van der Waals surface area contributed by atoms with E-state index in [1.165, 1.54) is 10.8 Å². The van der Waals surface area contributed by atoms with Crippen molar-refractivity contribution in [2.75, 3.05) is 0 Å². The number of para-hydroxylation sites is 3. The maximum Gasteiger partial charge on any atom is 0.180 e. The van der Waals surface area contributed by atoms with Crippen molar-refractivity contribution < 1.29 is 4.42 Å². The predicted molar refractivity (Wildman–Crippen MR) is 257 cm³/mol. The van der Waals surface area contributed by atoms with Gasteiger partial charge >= 0.3 is 0 Å². The highest BCUT2D eigenvalue weighted by Gasteiger charge is 2.22. The molecule has 0 saturated carbocycles. The lowest BCUT2D eigenvalue weighted by molar-refractivity contribution is 0.667. The molecule has 13 rings (SSSR count). The summed E-state index contributed by atoms with van der Waals surface area (Å²) in [7, 11) is 0. The highest BCUT2D eigenvalue weighted by Crippen LogP contribution is 2.43. The molecule has 0 aliphatic heterocycles. The molecule has 0 bridgehead atoms. The second-order valence-corrected chi connectivity index (χ2v) is 16.7. The number of nitrogens with zero attached hydrogens (tertiary/aromatic N) is 6. The van der Waals surface area contributed by atoms with Crippen LogP contribution in [-0.2, 0) is 0 Å². The molecule has 0 N–H and O–H groups in total. The Morgan fingerprint density at radius 3 is 1.79 bits per heavy atom. The van der Waals surface area contributed by atoms with E-state index in [2.05, 4.69) is 132 Å². The second-order valence-electron chi connectivity index (χ2n) is 15.6. The largest absolute Gasteiger partial charge is 0.452 e. The van der Waals surface area contributed by atoms with Crippen LogP contribution in [0, 0.1) is 0 Å². The number of benzene rings is 8. The van der Waals surface area contributed by atoms with Gasteiger partial charge in [-0.05, 0) is 48.5 Å². The average molecular weight is 825 g/mol. The molecule has 0 atom stereocenters. The molecule has 0 unspecified atom stereocenters. The van der Waals surface area contributed by atoms with Gasteiger partial charge in [0.05, 0.1) is 11.0 Å². The van der Waals surface area contributed by atoms with Crippen LogP contribution in [0.3, 0.4) is 0 Å². The second kappa shape index (κ2) is 14.1. The van der Waals surface area contributed by atoms with Gasteiger partial charge in [0.25, 0.3) is 0 Å². The fourth-order valence-electron chi connectivity index (χ4n) is 8.97. The summed E-state index contributed by atoms with van der Waals surface area (Å²) in [4.78, 5) is 25.9. The Hall–Kier alpha value is -8.33. The molecule has 0 aliphatic carbocycles. The molecule has 63 heavy (non-hydrogen) atoms. The number of fused-ring (bicyclic) bond motifs is 9. The van der Waals surface area contributed by atoms with Crippen LogP contribution in [0.25, 0.3) is 127 Å². The van der Waals surface area contributed by atoms with Gasteiger partial charge < -0.3 is 8.98 Å². The summed E-state index contributed by atoms with van der Waals surface area (Å²) in [6.45, 7) is 0. The number of furan rings is 1. The van der Waals surface area contributed by atoms with E-state index >= 15 is 0 Å². The number of hydrogen-bond acceptors (Lipinski definition) is 7. The molecule has 0 radical (unpaired) electrons. The summed E-state index contributed by atoms with van der Waals surface area (Å²) < 4.78 is 11.0. The first-order chi connectivity index (χ1) is 31.2. The lowest BCUT2D eigenvalue weighted by atomic mass is 10.0. The lowest BCUT2D eigenvalue weighted by Gasteiger charge is -2.10. The van der Waals surface area contributed by atoms with Crippen molar-refractivity contribution in [3.8, 4) is 62.5 Å². The molecule has 13 aromatic rings. The Bertz CT molecular complexity index is 3910. The molecule has 8 aromatic carbocycles. The maximum atomic E-state index is 6.41. The molecule has 0 amide bonds. The predicted octanol–water partition coefficient (Wildman–Crippen LogP) is 14.4. The summed E-state index contributed by atoms with van der Waals surface area (Å²) in [5.74, 6) is 2.49. The van der Waals surface area contributed by atoms with Gasteiger partial charge in [-0.25, -0.2) is 24.9 Å². The average Bonchev–Trinajstić information content (AvgIpc) is 4.03. The van der Waals surface area contributed by atoms with E-state index in [0.717, 1.165) is 86.9 Å². The Kier molecular flexibility index (Phi) is 7.94. The summed E-state index contributed by atoms with van der Waals surface area (Å²) in [6.07, 6.45) is 0. The fraction of sp³-hybridized carbons (Fsp3) is 0. The van der Waals surface area contributed by atoms with Crippen LogP contribution in [0.1, 0.15) is 0 Å². The first-order valence-corrected chi connectivity index (χ1v) is 21.6. The monoisotopic (exact) mass is 824 g/mol. The first kappa shape index (κ1) is 35.4. The van der Waals surface area contributed by atoms with Gasteiger partial charge in [-0.1, -0.05) is 146 Å². The zero-order chi connectivity index (χ0) is 41.4. The molecule has 0 aliphatic rings. The van der Waals surface area contributed by atoms with Gasteiger partial charge in [-0.3, -0.25) is 0 Å². The van der Waals surface area contributed by atoms with Crippen molar-refractivity contribution >= 4 is 75.4 Å². The van der Waals surface area contributed by atoms with Crippen molar-refractivity contribution in [2.45, 2.75) is 0 Å². The molecule has 5 aromatic heterocycles. The Balaban J connectivity index is 0.978. The van der Waals surface area contributed by atoms with E-state index in [-0.39, 0.29) is 0 Å². The number of aromatic nitrogens is 6. The summed E-state index contributed by atoms with van der Waals surface area (Å²) in [5.41, 5.74) is 11.1. The van der Waals surface area contributed by atoms with Crippen LogP contribution in [0.5, 0.6) is 0 Å². The van der Waals surface area contributed by atoms with E-state index in [4.69, 9.17) is 29.3 Å². The number of rotatable bonds is 6. The van der Waals surface area contributed by atoms with E-state index in [1.54, 1.807) is 11.3 Å². The van der Waals surface area contributed by atoms with Gasteiger partial charge in [-0.2, -0.15) is 0 Å². The van der Waals surface area contributed by atoms with Gasteiger partial charge in [0.2, 0.25) is 0 Å². The Morgan fingerprint density at radius 1 is 0.397 bits per heavy atom. The van der Waals surface area contributed by atoms with Crippen LogP contribution >= 0.6 is 11.3 Å². The van der Waals surface area contributed by atoms with Gasteiger partial charge in [0.15, 0.2) is 28.9 Å². The van der Waals surface area contributed by atoms with Crippen molar-refractivity contribution in [3.63, 3.8) is 0 Å². The molecule has 0 fully saturated rings. The minimum Gasteiger partial charge on any atom is -0.452 e. The number of hydrogen-bond donors (Lipinski definition) is 0. The van der Waals surface area contributed by atoms with Gasteiger partial charge in [-0.15, -0.1) is 11.3 Å². The van der Waals surface area contributed by atoms with E-state index < -0.39 is 0 Å². The third-order valence-corrected chi connectivity index (χ3v) is 13.0. The third kappa shape index (κ3) is 5.76. The lowest BCUT2D eigenvalue weighted by Crippen LogP contribution is -2.00. The van der Waals surface area contributed by atoms with Crippen LogP contribution in [-0.4, -0.2) is 29.5 Å². The van der Waals surface area contributed by atoms with E-state index in [9.17, 15) is 0 Å². The molecule has 0 spiro atoms. The highest BCUT2D eigenvalue weighted by atomic mass is 32.1. The third-order valence-electron chi connectivity index (χ3n) is 11.9. The fourth-order valence-corrected chi connectivity index (χ4v) is 10.1. The van der Waals surface area contributed by atoms with Gasteiger partial charge in [0, 0.05) is 69.8 Å². The zero-order valence-electron chi connectivity index (χ0n) is 33.5. The van der Waals surface area contributed by atoms with Crippen LogP contribution in [0.15, 0.2) is 199 Å². The Labute approximate surface area is 364 Å². The molecule has 8 heteroatoms. The highest BCUT2D eigenvalue weighted by molar-refractivity contribution is 7.26. The van der Waals surface area contributed by atoms with E-state index in [1.807, 2.05) is 66.7 Å². The summed E-state index contributed by atoms with van der Waals surface area (Å²) >= 11 is 1.74. The van der Waals surface area contributed by atoms with Crippen LogP contribution in [0.4, 0.5) is 0 Å². The SMILES string of the molecule is c1ccc(-c2nc(-c3ccc4c(c3)sc3cccc(-c5nc(-c6ccccc6)c6oc7ccccc7c6n5)c34)nc(-c3ccc4c5ccccc5n(-c5ccccc5)c4c3)n2)cc1. The number of thiophene rings is 1. The zero-order valence-corrected chi connectivity index (χ0v) is 34.3. The summed E-state index contributed by atoms with van der Waals surface area (Å²) in [5, 5.41) is 5.56.